The third kappa shape index (κ3) is 4.32. The molecule has 0 saturated carbocycles. The van der Waals surface area contributed by atoms with Gasteiger partial charge in [-0.2, -0.15) is 13.2 Å². The van der Waals surface area contributed by atoms with Crippen LogP contribution in [0.5, 0.6) is 0 Å². The van der Waals surface area contributed by atoms with Crippen molar-refractivity contribution in [3.05, 3.63) is 66.5 Å². The lowest BCUT2D eigenvalue weighted by molar-refractivity contribution is -0.136. The normalized spacial score (nSPS) is 10.9. The van der Waals surface area contributed by atoms with Crippen LogP contribution in [-0.2, 0) is 6.18 Å². The number of alkyl halides is 3. The van der Waals surface area contributed by atoms with Gasteiger partial charge in [0.05, 0.1) is 11.3 Å². The van der Waals surface area contributed by atoms with Crippen LogP contribution in [0.15, 0.2) is 55.3 Å². The predicted molar refractivity (Wildman–Crippen MR) is 82.3 cm³/mol. The number of halogens is 3. The van der Waals surface area contributed by atoms with Crippen LogP contribution in [0.2, 0.25) is 0 Å². The molecule has 0 atom stereocenters. The van der Waals surface area contributed by atoms with Crippen molar-refractivity contribution in [1.82, 2.24) is 4.98 Å². The zero-order valence-corrected chi connectivity index (χ0v) is 12.0. The summed E-state index contributed by atoms with van der Waals surface area (Å²) in [6.07, 6.45) is -1.51. The number of anilines is 2. The van der Waals surface area contributed by atoms with Gasteiger partial charge in [0.2, 0.25) is 0 Å². The number of para-hydroxylation sites is 1. The van der Waals surface area contributed by atoms with E-state index in [9.17, 15) is 18.0 Å². The Morgan fingerprint density at radius 1 is 1.26 bits per heavy atom. The molecule has 0 aliphatic carbocycles. The third-order valence-electron chi connectivity index (χ3n) is 2.92. The molecule has 2 rings (SSSR count). The summed E-state index contributed by atoms with van der Waals surface area (Å²) in [4.78, 5) is 16.0. The fraction of sp³-hybridized carbons (Fsp3) is 0.125. The summed E-state index contributed by atoms with van der Waals surface area (Å²) in [6, 6.07) is 7.88. The van der Waals surface area contributed by atoms with Gasteiger partial charge in [-0.15, -0.1) is 6.58 Å². The van der Waals surface area contributed by atoms with Gasteiger partial charge in [0.15, 0.2) is 0 Å². The van der Waals surface area contributed by atoms with Gasteiger partial charge in [-0.1, -0.05) is 18.2 Å². The number of hydrogen-bond donors (Lipinski definition) is 2. The van der Waals surface area contributed by atoms with Crippen molar-refractivity contribution in [3.63, 3.8) is 0 Å². The molecule has 0 saturated heterocycles. The SMILES string of the molecule is C=CCNc1ccnc(C(=O)Nc2ccccc2C(F)(F)F)c1. The van der Waals surface area contributed by atoms with E-state index in [1.165, 1.54) is 30.5 Å². The van der Waals surface area contributed by atoms with Gasteiger partial charge >= 0.3 is 6.18 Å². The van der Waals surface area contributed by atoms with Crippen LogP contribution in [0.4, 0.5) is 24.5 Å². The first-order valence-electron chi connectivity index (χ1n) is 6.70. The Labute approximate surface area is 131 Å². The number of aromatic nitrogens is 1. The van der Waals surface area contributed by atoms with Crippen LogP contribution in [0.1, 0.15) is 16.1 Å². The van der Waals surface area contributed by atoms with Crippen LogP contribution in [0.25, 0.3) is 0 Å². The summed E-state index contributed by atoms with van der Waals surface area (Å²) >= 11 is 0. The van der Waals surface area contributed by atoms with E-state index in [0.29, 0.717) is 12.2 Å². The summed E-state index contributed by atoms with van der Waals surface area (Å²) in [7, 11) is 0. The Morgan fingerprint density at radius 3 is 2.70 bits per heavy atom. The molecule has 0 bridgehead atoms. The fourth-order valence-corrected chi connectivity index (χ4v) is 1.88. The molecule has 1 aromatic heterocycles. The molecule has 120 valence electrons. The molecular weight excluding hydrogens is 307 g/mol. The molecule has 0 radical (unpaired) electrons. The van der Waals surface area contributed by atoms with E-state index in [2.05, 4.69) is 22.2 Å². The zero-order chi connectivity index (χ0) is 16.9. The van der Waals surface area contributed by atoms with Gasteiger partial charge in [-0.3, -0.25) is 9.78 Å². The molecule has 7 heteroatoms. The van der Waals surface area contributed by atoms with Crippen molar-refractivity contribution in [3.8, 4) is 0 Å². The van der Waals surface area contributed by atoms with E-state index in [4.69, 9.17) is 0 Å². The minimum Gasteiger partial charge on any atom is -0.381 e. The first-order chi connectivity index (χ1) is 10.9. The quantitative estimate of drug-likeness (QED) is 0.820. The van der Waals surface area contributed by atoms with Crippen molar-refractivity contribution in [1.29, 1.82) is 0 Å². The Morgan fingerprint density at radius 2 is 2.00 bits per heavy atom. The molecule has 1 amide bonds. The molecule has 0 spiro atoms. The highest BCUT2D eigenvalue weighted by atomic mass is 19.4. The first kappa shape index (κ1) is 16.5. The highest BCUT2D eigenvalue weighted by Gasteiger charge is 2.33. The van der Waals surface area contributed by atoms with Crippen molar-refractivity contribution < 1.29 is 18.0 Å². The average Bonchev–Trinajstić information content (AvgIpc) is 2.52. The molecule has 0 aliphatic rings. The van der Waals surface area contributed by atoms with Gasteiger partial charge in [0.1, 0.15) is 5.69 Å². The van der Waals surface area contributed by atoms with Crippen LogP contribution in [-0.4, -0.2) is 17.4 Å². The minimum absolute atomic E-state index is 0.0102. The molecule has 2 N–H and O–H groups in total. The number of nitrogens with zero attached hydrogens (tertiary/aromatic N) is 1. The monoisotopic (exact) mass is 321 g/mol. The van der Waals surface area contributed by atoms with Gasteiger partial charge in [0.25, 0.3) is 5.91 Å². The number of pyridine rings is 1. The van der Waals surface area contributed by atoms with Crippen molar-refractivity contribution in [2.24, 2.45) is 0 Å². The topological polar surface area (TPSA) is 54.0 Å². The second kappa shape index (κ2) is 6.95. The second-order valence-electron chi connectivity index (χ2n) is 4.60. The van der Waals surface area contributed by atoms with Crippen LogP contribution in [0, 0.1) is 0 Å². The van der Waals surface area contributed by atoms with Gasteiger partial charge in [0, 0.05) is 18.4 Å². The molecule has 4 nitrogen and oxygen atoms in total. The Balaban J connectivity index is 2.21. The minimum atomic E-state index is -4.55. The second-order valence-corrected chi connectivity index (χ2v) is 4.60. The smallest absolute Gasteiger partial charge is 0.381 e. The number of carbonyl (C=O) groups is 1. The van der Waals surface area contributed by atoms with E-state index in [1.807, 2.05) is 0 Å². The Bertz CT molecular complexity index is 714. The van der Waals surface area contributed by atoms with Crippen molar-refractivity contribution in [2.75, 3.05) is 17.2 Å². The molecule has 0 aliphatic heterocycles. The predicted octanol–water partition coefficient (Wildman–Crippen LogP) is 3.95. The van der Waals surface area contributed by atoms with Gasteiger partial charge in [-0.25, -0.2) is 0 Å². The summed E-state index contributed by atoms with van der Waals surface area (Å²) < 4.78 is 38.8. The Kier molecular flexibility index (Phi) is 5.00. The summed E-state index contributed by atoms with van der Waals surface area (Å²) in [5.74, 6) is -0.719. The molecule has 1 aromatic carbocycles. The maximum absolute atomic E-state index is 12.9. The van der Waals surface area contributed by atoms with E-state index >= 15 is 0 Å². The molecule has 0 unspecified atom stereocenters. The molecule has 1 heterocycles. The maximum Gasteiger partial charge on any atom is 0.418 e. The first-order valence-corrected chi connectivity index (χ1v) is 6.70. The number of nitrogens with one attached hydrogen (secondary N) is 2. The summed E-state index contributed by atoms with van der Waals surface area (Å²) in [5.41, 5.74) is -0.587. The van der Waals surface area contributed by atoms with Gasteiger partial charge in [-0.05, 0) is 24.3 Å². The standard InChI is InChI=1S/C16H14F3N3O/c1-2-8-20-11-7-9-21-14(10-11)15(23)22-13-6-4-3-5-12(13)16(17,18)19/h2-7,9-10H,1,8H2,(H,20,21)(H,22,23). The molecule has 0 fully saturated rings. The summed E-state index contributed by atoms with van der Waals surface area (Å²) in [6.45, 7) is 4.05. The van der Waals surface area contributed by atoms with E-state index in [0.717, 1.165) is 6.07 Å². The lowest BCUT2D eigenvalue weighted by Gasteiger charge is -2.13. The van der Waals surface area contributed by atoms with Gasteiger partial charge < -0.3 is 10.6 Å². The highest BCUT2D eigenvalue weighted by Crippen LogP contribution is 2.34. The molecule has 23 heavy (non-hydrogen) atoms. The number of rotatable bonds is 5. The lowest BCUT2D eigenvalue weighted by Crippen LogP contribution is -2.17. The van der Waals surface area contributed by atoms with Crippen LogP contribution >= 0.6 is 0 Å². The number of carbonyl (C=O) groups excluding carboxylic acids is 1. The third-order valence-corrected chi connectivity index (χ3v) is 2.92. The average molecular weight is 321 g/mol. The Hall–Kier alpha value is -2.83. The fourth-order valence-electron chi connectivity index (χ4n) is 1.88. The lowest BCUT2D eigenvalue weighted by atomic mass is 10.1. The number of amides is 1. The van der Waals surface area contributed by atoms with Crippen LogP contribution in [0.3, 0.4) is 0 Å². The van der Waals surface area contributed by atoms with Crippen LogP contribution < -0.4 is 10.6 Å². The van der Waals surface area contributed by atoms with E-state index in [-0.39, 0.29) is 11.4 Å². The molecule has 2 aromatic rings. The number of hydrogen-bond acceptors (Lipinski definition) is 3. The highest BCUT2D eigenvalue weighted by molar-refractivity contribution is 6.03. The summed E-state index contributed by atoms with van der Waals surface area (Å²) in [5, 5.41) is 5.22. The zero-order valence-electron chi connectivity index (χ0n) is 12.0. The van der Waals surface area contributed by atoms with Crippen molar-refractivity contribution >= 4 is 17.3 Å². The van der Waals surface area contributed by atoms with E-state index < -0.39 is 17.6 Å². The van der Waals surface area contributed by atoms with Crippen molar-refractivity contribution in [2.45, 2.75) is 6.18 Å². The van der Waals surface area contributed by atoms with E-state index in [1.54, 1.807) is 12.1 Å². The number of benzene rings is 1. The largest absolute Gasteiger partial charge is 0.418 e. The maximum atomic E-state index is 12.9. The molecular formula is C16H14F3N3O.